The first-order valence-corrected chi connectivity index (χ1v) is 42.2. The molecule has 0 aromatic heterocycles. The normalized spacial score (nSPS) is 22.5. The molecule has 16 aromatic rings. The number of hydrogen-bond acceptors (Lipinski definition) is 2. The maximum Gasteiger partial charge on any atom is 0.0465 e. The van der Waals surface area contributed by atoms with E-state index in [1.807, 2.05) is 0 Å². The Bertz CT molecular complexity index is 6270. The molecule has 548 valence electrons. The third kappa shape index (κ3) is 11.0. The molecule has 0 saturated heterocycles. The van der Waals surface area contributed by atoms with E-state index in [2.05, 4.69) is 386 Å². The zero-order valence-electron chi connectivity index (χ0n) is 64.4. The van der Waals surface area contributed by atoms with E-state index in [0.717, 1.165) is 47.3 Å². The molecular formula is C112H90N2. The van der Waals surface area contributed by atoms with E-state index >= 15 is 0 Å². The Morgan fingerprint density at radius 3 is 0.886 bits per heavy atom. The van der Waals surface area contributed by atoms with Gasteiger partial charge in [-0.1, -0.05) is 297 Å². The van der Waals surface area contributed by atoms with Gasteiger partial charge in [0.25, 0.3) is 0 Å². The highest BCUT2D eigenvalue weighted by Crippen LogP contribution is 2.72. The second-order valence-electron chi connectivity index (χ2n) is 34.7. The van der Waals surface area contributed by atoms with Crippen molar-refractivity contribution in [2.75, 3.05) is 9.80 Å². The summed E-state index contributed by atoms with van der Waals surface area (Å²) in [5, 5.41) is 5.10. The zero-order chi connectivity index (χ0) is 75.0. The predicted molar refractivity (Wildman–Crippen MR) is 476 cm³/mol. The summed E-state index contributed by atoms with van der Waals surface area (Å²) in [6, 6.07) is 141. The van der Waals surface area contributed by atoms with E-state index < -0.39 is 0 Å². The van der Waals surface area contributed by atoms with Gasteiger partial charge in [0.1, 0.15) is 0 Å². The van der Waals surface area contributed by atoms with Gasteiger partial charge in [0.05, 0.1) is 0 Å². The average Bonchev–Trinajstić information content (AvgIpc) is 1.49. The molecule has 10 aliphatic rings. The molecule has 0 unspecified atom stereocenters. The molecule has 8 bridgehead atoms. The summed E-state index contributed by atoms with van der Waals surface area (Å²) in [6.07, 6.45) is 14.0. The fourth-order valence-corrected chi connectivity index (χ4v) is 24.5. The smallest absolute Gasteiger partial charge is 0.0465 e. The van der Waals surface area contributed by atoms with Gasteiger partial charge in [-0.15, -0.1) is 0 Å². The second-order valence-corrected chi connectivity index (χ2v) is 34.7. The van der Waals surface area contributed by atoms with Crippen LogP contribution in [0, 0.1) is 47.3 Å². The lowest BCUT2D eigenvalue weighted by molar-refractivity contribution is -0.0399. The van der Waals surface area contributed by atoms with Crippen LogP contribution in [0.5, 0.6) is 0 Å². The van der Waals surface area contributed by atoms with Crippen LogP contribution < -0.4 is 9.80 Å². The van der Waals surface area contributed by atoms with Crippen molar-refractivity contribution in [1.29, 1.82) is 0 Å². The first kappa shape index (κ1) is 67.3. The average molecular weight is 1460 g/mol. The molecule has 0 N–H and O–H groups in total. The van der Waals surface area contributed by atoms with Crippen LogP contribution >= 0.6 is 0 Å². The molecule has 8 saturated carbocycles. The van der Waals surface area contributed by atoms with E-state index in [1.165, 1.54) is 209 Å². The number of fused-ring (bicyclic) bond motifs is 8. The van der Waals surface area contributed by atoms with Crippen LogP contribution in [0.2, 0.25) is 0 Å². The molecule has 16 aromatic carbocycles. The maximum atomic E-state index is 2.62. The first-order valence-electron chi connectivity index (χ1n) is 42.2. The zero-order valence-corrected chi connectivity index (χ0v) is 64.4. The van der Waals surface area contributed by atoms with Crippen LogP contribution in [-0.4, -0.2) is 0 Å². The molecule has 0 radical (unpaired) electrons. The van der Waals surface area contributed by atoms with Gasteiger partial charge in [0.15, 0.2) is 0 Å². The Morgan fingerprint density at radius 1 is 0.175 bits per heavy atom. The Hall–Kier alpha value is -12.4. The van der Waals surface area contributed by atoms with Gasteiger partial charge in [0, 0.05) is 45.0 Å². The molecule has 2 spiro atoms. The van der Waals surface area contributed by atoms with Crippen molar-refractivity contribution in [3.05, 3.63) is 398 Å². The summed E-state index contributed by atoms with van der Waals surface area (Å²) < 4.78 is 0. The van der Waals surface area contributed by atoms with Gasteiger partial charge in [-0.2, -0.15) is 0 Å². The lowest BCUT2D eigenvalue weighted by Crippen LogP contribution is -2.55. The largest absolute Gasteiger partial charge is 0.310 e. The quantitative estimate of drug-likeness (QED) is 0.120. The lowest BCUT2D eigenvalue weighted by atomic mass is 9.43. The summed E-state index contributed by atoms with van der Waals surface area (Å²) in [7, 11) is 0. The van der Waals surface area contributed by atoms with Crippen LogP contribution in [0.25, 0.3) is 111 Å². The Labute approximate surface area is 670 Å². The highest BCUT2D eigenvalue weighted by molar-refractivity contribution is 5.98. The summed E-state index contributed by atoms with van der Waals surface area (Å²) >= 11 is 0. The van der Waals surface area contributed by atoms with Crippen LogP contribution in [0.15, 0.2) is 376 Å². The molecule has 10 aliphatic carbocycles. The summed E-state index contributed by atoms with van der Waals surface area (Å²) in [5.74, 6) is 6.60. The predicted octanol–water partition coefficient (Wildman–Crippen LogP) is 30.1. The summed E-state index contributed by atoms with van der Waals surface area (Å²) in [5.41, 5.74) is 34.5. The molecule has 0 atom stereocenters. The molecule has 2 heteroatoms. The molecule has 0 heterocycles. The van der Waals surface area contributed by atoms with Gasteiger partial charge in [0.2, 0.25) is 0 Å². The van der Waals surface area contributed by atoms with Crippen molar-refractivity contribution < 1.29 is 0 Å². The lowest BCUT2D eigenvalue weighted by Gasteiger charge is -2.61. The third-order valence-corrected chi connectivity index (χ3v) is 28.9. The molecule has 0 amide bonds. The fourth-order valence-electron chi connectivity index (χ4n) is 24.5. The molecule has 114 heavy (non-hydrogen) atoms. The number of anilines is 6. The standard InChI is InChI=1S/2C56H45N/c1-2-9-39(10-3-1)40-17-19-41(20-18-40)42-21-25-47(26-22-42)57(48-27-23-44(24-28-48)51-15-8-12-43-11-4-5-13-50(43)51)49-29-30-53-52-14-6-7-16-54(52)56(55(53)36-49)45-32-37-31-38(34-45)35-46(56)33-37;1-2-8-39(9-3-1)41-14-16-42(17-15-41)43-20-24-49(25-21-43)57(50-26-22-44(23-27-50)46-19-18-40-10-4-5-11-45(40)35-46)51-28-29-53-52-12-6-7-13-54(52)56(55(53)36-51)47-31-37-30-38(33-47)34-48(56)32-37/h1-30,36-38,45-46H,31-35H2;1-29,35-38,47-48H,30-34H2. The van der Waals surface area contributed by atoms with E-state index in [4.69, 9.17) is 0 Å². The number of rotatable bonds is 12. The highest BCUT2D eigenvalue weighted by Gasteiger charge is 2.63. The van der Waals surface area contributed by atoms with Crippen LogP contribution in [0.1, 0.15) is 86.5 Å². The number of benzene rings is 16. The third-order valence-electron chi connectivity index (χ3n) is 28.9. The highest BCUT2D eigenvalue weighted by atomic mass is 15.1. The molecule has 26 rings (SSSR count). The molecule has 8 fully saturated rings. The molecule has 0 aliphatic heterocycles. The van der Waals surface area contributed by atoms with Gasteiger partial charge in [-0.25, -0.2) is 0 Å². The first-order chi connectivity index (χ1) is 56.4. The monoisotopic (exact) mass is 1460 g/mol. The van der Waals surface area contributed by atoms with Gasteiger partial charge in [-0.3, -0.25) is 0 Å². The topological polar surface area (TPSA) is 6.48 Å². The van der Waals surface area contributed by atoms with E-state index in [9.17, 15) is 0 Å². The Balaban J connectivity index is 0.000000135. The van der Waals surface area contributed by atoms with Crippen LogP contribution in [0.4, 0.5) is 34.1 Å². The minimum Gasteiger partial charge on any atom is -0.310 e. The van der Waals surface area contributed by atoms with Gasteiger partial charge < -0.3 is 9.80 Å². The van der Waals surface area contributed by atoms with Crippen molar-refractivity contribution in [2.24, 2.45) is 47.3 Å². The van der Waals surface area contributed by atoms with Crippen molar-refractivity contribution in [2.45, 2.75) is 75.0 Å². The van der Waals surface area contributed by atoms with Gasteiger partial charge in [-0.05, 0) is 323 Å². The Morgan fingerprint density at radius 2 is 0.465 bits per heavy atom. The van der Waals surface area contributed by atoms with Crippen molar-refractivity contribution in [1.82, 2.24) is 0 Å². The molecule has 2 nitrogen and oxygen atoms in total. The minimum atomic E-state index is 0.120. The van der Waals surface area contributed by atoms with Crippen molar-refractivity contribution >= 4 is 55.7 Å². The minimum absolute atomic E-state index is 0.120. The van der Waals surface area contributed by atoms with Gasteiger partial charge >= 0.3 is 0 Å². The van der Waals surface area contributed by atoms with E-state index in [-0.39, 0.29) is 10.8 Å². The maximum absolute atomic E-state index is 2.62. The summed E-state index contributed by atoms with van der Waals surface area (Å²) in [4.78, 5) is 5.00. The summed E-state index contributed by atoms with van der Waals surface area (Å²) in [6.45, 7) is 0. The van der Waals surface area contributed by atoms with Crippen molar-refractivity contribution in [3.8, 4) is 89.0 Å². The van der Waals surface area contributed by atoms with E-state index in [0.29, 0.717) is 0 Å². The SMILES string of the molecule is c1ccc(-c2ccc(-c3ccc(N(c4ccc(-c5ccc6ccccc6c5)cc4)c4ccc5c(c4)C4(c6ccccc6-5)C5CC6CC(C5)CC4C6)cc3)cc2)cc1.c1ccc(-c2ccc(-c3ccc(N(c4ccc(-c5cccc6ccccc56)cc4)c4ccc5c(c4)C4(c6ccccc6-5)C5CC6CC(C5)CC4C6)cc3)cc2)cc1. The second kappa shape index (κ2) is 27.2. The number of hydrogen-bond donors (Lipinski definition) is 0. The fraction of sp³-hybridized carbons (Fsp3) is 0.179. The van der Waals surface area contributed by atoms with Crippen LogP contribution in [-0.2, 0) is 10.8 Å². The molecular weight excluding hydrogens is 1370 g/mol. The van der Waals surface area contributed by atoms with Crippen molar-refractivity contribution in [3.63, 3.8) is 0 Å². The van der Waals surface area contributed by atoms with E-state index in [1.54, 1.807) is 22.3 Å². The Kier molecular flexibility index (Phi) is 16.1. The number of nitrogens with zero attached hydrogens (tertiary/aromatic N) is 2. The van der Waals surface area contributed by atoms with Crippen LogP contribution in [0.3, 0.4) is 0 Å².